The number of hydrogen-bond donors (Lipinski definition) is 2. The van der Waals surface area contributed by atoms with Crippen LogP contribution in [0.5, 0.6) is 5.75 Å². The number of rotatable bonds is 2. The van der Waals surface area contributed by atoms with E-state index in [0.717, 1.165) is 0 Å². The largest absolute Gasteiger partial charge is 0.508 e. The number of methoxy groups -OCH3 is 1. The summed E-state index contributed by atoms with van der Waals surface area (Å²) in [4.78, 5) is 11.2. The predicted molar refractivity (Wildman–Crippen MR) is 49.7 cm³/mol. The maximum absolute atomic E-state index is 11.2. The molecular weight excluding hydrogens is 184 g/mol. The molecule has 0 fully saturated rings. The zero-order chi connectivity index (χ0) is 10.8. The van der Waals surface area contributed by atoms with E-state index in [9.17, 15) is 9.90 Å². The predicted octanol–water partition coefficient (Wildman–Crippen LogP) is 0.773. The normalized spacial score (nSPS) is 14.5. The monoisotopic (exact) mass is 196 g/mol. The maximum atomic E-state index is 11.2. The number of aromatic hydroxyl groups is 1. The van der Waals surface area contributed by atoms with Gasteiger partial charge in [-0.1, -0.05) is 12.1 Å². The first-order chi connectivity index (χ1) is 6.48. The van der Waals surface area contributed by atoms with Gasteiger partial charge in [-0.3, -0.25) is 0 Å². The summed E-state index contributed by atoms with van der Waals surface area (Å²) in [5, 5.41) is 19.0. The molecular formula is C10H12O4. The topological polar surface area (TPSA) is 66.8 Å². The second kappa shape index (κ2) is 3.67. The maximum Gasteiger partial charge on any atom is 0.342 e. The van der Waals surface area contributed by atoms with Gasteiger partial charge in [0.25, 0.3) is 0 Å². The minimum atomic E-state index is -1.73. The van der Waals surface area contributed by atoms with E-state index in [1.807, 2.05) is 0 Å². The van der Waals surface area contributed by atoms with Crippen molar-refractivity contribution in [3.05, 3.63) is 29.8 Å². The lowest BCUT2D eigenvalue weighted by Crippen LogP contribution is -2.33. The van der Waals surface area contributed by atoms with Gasteiger partial charge in [0.2, 0.25) is 0 Å². The van der Waals surface area contributed by atoms with Gasteiger partial charge >= 0.3 is 5.97 Å². The lowest BCUT2D eigenvalue weighted by molar-refractivity contribution is -0.161. The Kier molecular flexibility index (Phi) is 2.76. The molecule has 76 valence electrons. The smallest absolute Gasteiger partial charge is 0.342 e. The van der Waals surface area contributed by atoms with Crippen LogP contribution in [-0.2, 0) is 15.1 Å². The van der Waals surface area contributed by atoms with Crippen LogP contribution in [0, 0.1) is 0 Å². The Labute approximate surface area is 81.8 Å². The first-order valence-corrected chi connectivity index (χ1v) is 4.09. The second-order valence-electron chi connectivity index (χ2n) is 3.11. The molecule has 0 heterocycles. The summed E-state index contributed by atoms with van der Waals surface area (Å²) in [6, 6.07) is 5.85. The Bertz CT molecular complexity index is 344. The molecule has 0 aliphatic rings. The number of carbonyl (C=O) groups is 1. The van der Waals surface area contributed by atoms with Gasteiger partial charge in [-0.05, 0) is 24.6 Å². The van der Waals surface area contributed by atoms with Crippen molar-refractivity contribution in [3.8, 4) is 5.75 Å². The molecule has 0 spiro atoms. The SMILES string of the molecule is COC(=O)[C@](C)(O)c1cccc(O)c1. The molecule has 4 nitrogen and oxygen atoms in total. The van der Waals surface area contributed by atoms with Crippen molar-refractivity contribution in [2.24, 2.45) is 0 Å². The van der Waals surface area contributed by atoms with Crippen LogP contribution in [0.25, 0.3) is 0 Å². The van der Waals surface area contributed by atoms with Gasteiger partial charge in [0.15, 0.2) is 5.60 Å². The molecule has 0 unspecified atom stereocenters. The molecule has 1 atom stereocenters. The number of esters is 1. The fourth-order valence-corrected chi connectivity index (χ4v) is 1.13. The number of ether oxygens (including phenoxy) is 1. The standard InChI is InChI=1S/C10H12O4/c1-10(13,9(12)14-2)7-4-3-5-8(11)6-7/h3-6,11,13H,1-2H3/t10-/m1/s1. The molecule has 0 amide bonds. The van der Waals surface area contributed by atoms with Crippen molar-refractivity contribution in [1.82, 2.24) is 0 Å². The molecule has 1 aromatic rings. The highest BCUT2D eigenvalue weighted by Crippen LogP contribution is 2.24. The Morgan fingerprint density at radius 1 is 1.50 bits per heavy atom. The molecule has 0 radical (unpaired) electrons. The lowest BCUT2D eigenvalue weighted by Gasteiger charge is -2.20. The fourth-order valence-electron chi connectivity index (χ4n) is 1.13. The van der Waals surface area contributed by atoms with E-state index in [0.29, 0.717) is 5.56 Å². The molecule has 0 aliphatic carbocycles. The molecule has 0 aliphatic heterocycles. The van der Waals surface area contributed by atoms with E-state index in [4.69, 9.17) is 5.11 Å². The number of phenolic OH excluding ortho intramolecular Hbond substituents is 1. The number of carbonyl (C=O) groups excluding carboxylic acids is 1. The van der Waals surface area contributed by atoms with E-state index in [1.165, 1.54) is 32.2 Å². The number of hydrogen-bond acceptors (Lipinski definition) is 4. The van der Waals surface area contributed by atoms with Crippen LogP contribution < -0.4 is 0 Å². The van der Waals surface area contributed by atoms with E-state index in [2.05, 4.69) is 4.74 Å². The van der Waals surface area contributed by atoms with Crippen molar-refractivity contribution < 1.29 is 19.7 Å². The summed E-state index contributed by atoms with van der Waals surface area (Å²) < 4.78 is 4.44. The third kappa shape index (κ3) is 1.85. The van der Waals surface area contributed by atoms with Gasteiger partial charge in [0.05, 0.1) is 7.11 Å². The first kappa shape index (κ1) is 10.5. The van der Waals surface area contributed by atoms with E-state index in [-0.39, 0.29) is 5.75 Å². The Morgan fingerprint density at radius 3 is 2.64 bits per heavy atom. The summed E-state index contributed by atoms with van der Waals surface area (Å²) in [5.74, 6) is -0.769. The average Bonchev–Trinajstić information content (AvgIpc) is 2.16. The van der Waals surface area contributed by atoms with Gasteiger partial charge in [-0.15, -0.1) is 0 Å². The summed E-state index contributed by atoms with van der Waals surface area (Å²) in [6.45, 7) is 1.31. The molecule has 0 saturated heterocycles. The first-order valence-electron chi connectivity index (χ1n) is 4.09. The molecule has 1 rings (SSSR count). The summed E-state index contributed by atoms with van der Waals surface area (Å²) in [6.07, 6.45) is 0. The number of phenols is 1. The Hall–Kier alpha value is -1.55. The summed E-state index contributed by atoms with van der Waals surface area (Å²) >= 11 is 0. The van der Waals surface area contributed by atoms with Crippen LogP contribution in [-0.4, -0.2) is 23.3 Å². The van der Waals surface area contributed by atoms with Crippen molar-refractivity contribution in [2.75, 3.05) is 7.11 Å². The highest BCUT2D eigenvalue weighted by Gasteiger charge is 2.33. The highest BCUT2D eigenvalue weighted by atomic mass is 16.5. The molecule has 4 heteroatoms. The average molecular weight is 196 g/mol. The van der Waals surface area contributed by atoms with E-state index >= 15 is 0 Å². The Morgan fingerprint density at radius 2 is 2.14 bits per heavy atom. The lowest BCUT2D eigenvalue weighted by atomic mass is 9.96. The van der Waals surface area contributed by atoms with Crippen LogP contribution >= 0.6 is 0 Å². The highest BCUT2D eigenvalue weighted by molar-refractivity contribution is 5.80. The van der Waals surface area contributed by atoms with Gasteiger partial charge in [-0.2, -0.15) is 0 Å². The molecule has 0 aromatic heterocycles. The van der Waals surface area contributed by atoms with Gasteiger partial charge in [-0.25, -0.2) is 4.79 Å². The molecule has 0 saturated carbocycles. The van der Waals surface area contributed by atoms with Crippen LogP contribution in [0.2, 0.25) is 0 Å². The van der Waals surface area contributed by atoms with Crippen LogP contribution in [0.3, 0.4) is 0 Å². The van der Waals surface area contributed by atoms with Crippen molar-refractivity contribution in [2.45, 2.75) is 12.5 Å². The van der Waals surface area contributed by atoms with Crippen LogP contribution in [0.4, 0.5) is 0 Å². The molecule has 0 bridgehead atoms. The van der Waals surface area contributed by atoms with Crippen molar-refractivity contribution in [3.63, 3.8) is 0 Å². The zero-order valence-corrected chi connectivity index (χ0v) is 8.02. The fraction of sp³-hybridized carbons (Fsp3) is 0.300. The Balaban J connectivity index is 3.09. The summed E-state index contributed by atoms with van der Waals surface area (Å²) in [7, 11) is 1.19. The van der Waals surface area contributed by atoms with Crippen molar-refractivity contribution in [1.29, 1.82) is 0 Å². The van der Waals surface area contributed by atoms with Crippen molar-refractivity contribution >= 4 is 5.97 Å². The minimum absolute atomic E-state index is 0.00771. The third-order valence-corrected chi connectivity index (χ3v) is 1.99. The van der Waals surface area contributed by atoms with E-state index in [1.54, 1.807) is 6.07 Å². The molecule has 1 aromatic carbocycles. The third-order valence-electron chi connectivity index (χ3n) is 1.99. The quantitative estimate of drug-likeness (QED) is 0.686. The molecule has 2 N–H and O–H groups in total. The zero-order valence-electron chi connectivity index (χ0n) is 8.02. The molecule has 14 heavy (non-hydrogen) atoms. The number of aliphatic hydroxyl groups is 1. The van der Waals surface area contributed by atoms with Gasteiger partial charge in [0.1, 0.15) is 5.75 Å². The van der Waals surface area contributed by atoms with Gasteiger partial charge in [0, 0.05) is 0 Å². The van der Waals surface area contributed by atoms with Crippen LogP contribution in [0.1, 0.15) is 12.5 Å². The van der Waals surface area contributed by atoms with E-state index < -0.39 is 11.6 Å². The minimum Gasteiger partial charge on any atom is -0.508 e. The second-order valence-corrected chi connectivity index (χ2v) is 3.11. The van der Waals surface area contributed by atoms with Gasteiger partial charge < -0.3 is 14.9 Å². The van der Waals surface area contributed by atoms with Crippen LogP contribution in [0.15, 0.2) is 24.3 Å². The summed E-state index contributed by atoms with van der Waals surface area (Å²) in [5.41, 5.74) is -1.43. The number of benzene rings is 1.